The molecule has 1 aliphatic rings. The molecule has 30 heavy (non-hydrogen) atoms. The van der Waals surface area contributed by atoms with E-state index in [9.17, 15) is 4.79 Å². The molecule has 0 fully saturated rings. The van der Waals surface area contributed by atoms with Crippen LogP contribution in [0.4, 0.5) is 17.1 Å². The van der Waals surface area contributed by atoms with Gasteiger partial charge in [0, 0.05) is 38.2 Å². The maximum Gasteiger partial charge on any atom is 0.337 e. The second-order valence-corrected chi connectivity index (χ2v) is 7.25. The van der Waals surface area contributed by atoms with Gasteiger partial charge in [0.1, 0.15) is 0 Å². The SMILES string of the molecule is CNc1cnccc1C(=O)O.Cc1ccc(N(C)c2ccc3c(c2)CCNC3)cc1. The molecule has 0 spiro atoms. The summed E-state index contributed by atoms with van der Waals surface area (Å²) >= 11 is 0. The van der Waals surface area contributed by atoms with Crippen molar-refractivity contribution < 1.29 is 9.90 Å². The lowest BCUT2D eigenvalue weighted by Gasteiger charge is -2.23. The normalized spacial score (nSPS) is 12.2. The van der Waals surface area contributed by atoms with Gasteiger partial charge >= 0.3 is 5.97 Å². The maximum absolute atomic E-state index is 10.5. The lowest BCUT2D eigenvalue weighted by molar-refractivity contribution is 0.0698. The van der Waals surface area contributed by atoms with Crippen LogP contribution in [0.25, 0.3) is 0 Å². The van der Waals surface area contributed by atoms with E-state index in [-0.39, 0.29) is 5.56 Å². The van der Waals surface area contributed by atoms with Crippen molar-refractivity contribution in [2.75, 3.05) is 30.9 Å². The molecule has 1 aromatic heterocycles. The van der Waals surface area contributed by atoms with Crippen molar-refractivity contribution in [3.8, 4) is 0 Å². The summed E-state index contributed by atoms with van der Waals surface area (Å²) in [6.45, 7) is 4.21. The van der Waals surface area contributed by atoms with Gasteiger partial charge in [-0.3, -0.25) is 4.98 Å². The highest BCUT2D eigenvalue weighted by atomic mass is 16.4. The number of benzene rings is 2. The van der Waals surface area contributed by atoms with Crippen LogP contribution in [0, 0.1) is 6.92 Å². The molecule has 0 unspecified atom stereocenters. The quantitative estimate of drug-likeness (QED) is 0.604. The third-order valence-electron chi connectivity index (χ3n) is 5.21. The number of aryl methyl sites for hydroxylation is 1. The molecule has 6 heteroatoms. The number of hydrogen-bond donors (Lipinski definition) is 3. The Bertz CT molecular complexity index is 1000. The number of anilines is 3. The fraction of sp³-hybridized carbons (Fsp3) is 0.250. The van der Waals surface area contributed by atoms with Gasteiger partial charge in [-0.15, -0.1) is 0 Å². The first-order valence-electron chi connectivity index (χ1n) is 9.97. The van der Waals surface area contributed by atoms with E-state index in [1.54, 1.807) is 7.05 Å². The summed E-state index contributed by atoms with van der Waals surface area (Å²) < 4.78 is 0. The van der Waals surface area contributed by atoms with Crippen LogP contribution in [-0.2, 0) is 13.0 Å². The minimum Gasteiger partial charge on any atom is -0.478 e. The fourth-order valence-corrected chi connectivity index (χ4v) is 3.37. The van der Waals surface area contributed by atoms with E-state index >= 15 is 0 Å². The summed E-state index contributed by atoms with van der Waals surface area (Å²) in [5, 5.41) is 14.8. The number of fused-ring (bicyclic) bond motifs is 1. The van der Waals surface area contributed by atoms with Crippen molar-refractivity contribution >= 4 is 23.0 Å². The smallest absolute Gasteiger partial charge is 0.337 e. The first-order chi connectivity index (χ1) is 14.5. The molecule has 0 aliphatic carbocycles. The number of nitrogens with zero attached hydrogens (tertiary/aromatic N) is 2. The van der Waals surface area contributed by atoms with Crippen LogP contribution in [0.3, 0.4) is 0 Å². The van der Waals surface area contributed by atoms with E-state index in [1.807, 2.05) is 0 Å². The van der Waals surface area contributed by atoms with Crippen LogP contribution in [0.15, 0.2) is 60.9 Å². The van der Waals surface area contributed by atoms with Gasteiger partial charge in [-0.2, -0.15) is 0 Å². The Morgan fingerprint density at radius 1 is 1.10 bits per heavy atom. The van der Waals surface area contributed by atoms with Crippen LogP contribution in [-0.4, -0.2) is 36.7 Å². The molecule has 2 aromatic carbocycles. The summed E-state index contributed by atoms with van der Waals surface area (Å²) in [4.78, 5) is 16.5. The van der Waals surface area contributed by atoms with Crippen molar-refractivity contribution in [2.24, 2.45) is 0 Å². The number of nitrogens with one attached hydrogen (secondary N) is 2. The zero-order chi connectivity index (χ0) is 21.5. The molecule has 0 atom stereocenters. The first-order valence-corrected chi connectivity index (χ1v) is 9.97. The van der Waals surface area contributed by atoms with Gasteiger partial charge in [-0.05, 0) is 61.3 Å². The molecule has 156 valence electrons. The van der Waals surface area contributed by atoms with E-state index in [4.69, 9.17) is 5.11 Å². The molecule has 0 saturated carbocycles. The molecule has 2 heterocycles. The molecule has 1 aliphatic heterocycles. The summed E-state index contributed by atoms with van der Waals surface area (Å²) in [7, 11) is 3.79. The highest BCUT2D eigenvalue weighted by Gasteiger charge is 2.11. The van der Waals surface area contributed by atoms with Gasteiger partial charge in [-0.25, -0.2) is 4.79 Å². The molecule has 4 rings (SSSR count). The molecular weight excluding hydrogens is 376 g/mol. The predicted octanol–water partition coefficient (Wildman–Crippen LogP) is 4.23. The highest BCUT2D eigenvalue weighted by Crippen LogP contribution is 2.27. The summed E-state index contributed by atoms with van der Waals surface area (Å²) in [6.07, 6.45) is 4.05. The van der Waals surface area contributed by atoms with Crippen molar-refractivity contribution in [3.63, 3.8) is 0 Å². The van der Waals surface area contributed by atoms with E-state index in [0.29, 0.717) is 5.69 Å². The fourth-order valence-electron chi connectivity index (χ4n) is 3.37. The van der Waals surface area contributed by atoms with E-state index < -0.39 is 5.97 Å². The summed E-state index contributed by atoms with van der Waals surface area (Å²) in [5.74, 6) is -0.947. The van der Waals surface area contributed by atoms with Crippen molar-refractivity contribution in [1.29, 1.82) is 0 Å². The van der Waals surface area contributed by atoms with Crippen LogP contribution in [0.5, 0.6) is 0 Å². The Morgan fingerprint density at radius 3 is 2.50 bits per heavy atom. The second kappa shape index (κ2) is 9.89. The van der Waals surface area contributed by atoms with Gasteiger partial charge in [0.15, 0.2) is 0 Å². The number of aromatic carboxylic acids is 1. The van der Waals surface area contributed by atoms with Gasteiger partial charge in [0.2, 0.25) is 0 Å². The third-order valence-corrected chi connectivity index (χ3v) is 5.21. The Balaban J connectivity index is 0.000000199. The number of hydrogen-bond acceptors (Lipinski definition) is 5. The Morgan fingerprint density at radius 2 is 1.83 bits per heavy atom. The second-order valence-electron chi connectivity index (χ2n) is 7.25. The lowest BCUT2D eigenvalue weighted by Crippen LogP contribution is -2.23. The van der Waals surface area contributed by atoms with Crippen molar-refractivity contribution in [2.45, 2.75) is 19.9 Å². The number of pyridine rings is 1. The monoisotopic (exact) mass is 404 g/mol. The zero-order valence-corrected chi connectivity index (χ0v) is 17.6. The number of carboxylic acid groups (broad SMARTS) is 1. The summed E-state index contributed by atoms with van der Waals surface area (Å²) in [6, 6.07) is 16.9. The average Bonchev–Trinajstić information content (AvgIpc) is 2.79. The molecular formula is C24H28N4O2. The standard InChI is InChI=1S/C17H20N2.C7H8N2O2/c1-13-3-6-16(7-4-13)19(2)17-8-5-15-12-18-10-9-14(15)11-17;1-8-6-4-9-3-2-5(6)7(10)11/h3-8,11,18H,9-10,12H2,1-2H3;2-4,8H,1H3,(H,10,11). The number of aromatic nitrogens is 1. The molecule has 0 bridgehead atoms. The molecule has 0 saturated heterocycles. The van der Waals surface area contributed by atoms with Gasteiger partial charge in [0.25, 0.3) is 0 Å². The van der Waals surface area contributed by atoms with Crippen molar-refractivity contribution in [1.82, 2.24) is 10.3 Å². The topological polar surface area (TPSA) is 77.5 Å². The molecule has 3 N–H and O–H groups in total. The van der Waals surface area contributed by atoms with Gasteiger partial charge < -0.3 is 20.6 Å². The van der Waals surface area contributed by atoms with E-state index in [0.717, 1.165) is 19.5 Å². The van der Waals surface area contributed by atoms with Crippen LogP contribution in [0.1, 0.15) is 27.0 Å². The molecule has 6 nitrogen and oxygen atoms in total. The minimum atomic E-state index is -0.947. The zero-order valence-electron chi connectivity index (χ0n) is 17.6. The maximum atomic E-state index is 10.5. The first kappa shape index (κ1) is 21.3. The predicted molar refractivity (Wildman–Crippen MR) is 122 cm³/mol. The largest absolute Gasteiger partial charge is 0.478 e. The average molecular weight is 405 g/mol. The number of rotatable bonds is 4. The van der Waals surface area contributed by atoms with Gasteiger partial charge in [-0.1, -0.05) is 23.8 Å². The Labute approximate surface area is 177 Å². The molecule has 3 aromatic rings. The van der Waals surface area contributed by atoms with Crippen LogP contribution < -0.4 is 15.5 Å². The van der Waals surface area contributed by atoms with Crippen LogP contribution in [0.2, 0.25) is 0 Å². The molecule has 0 amide bonds. The number of carbonyl (C=O) groups is 1. The van der Waals surface area contributed by atoms with E-state index in [2.05, 4.69) is 77.0 Å². The van der Waals surface area contributed by atoms with Gasteiger partial charge in [0.05, 0.1) is 17.4 Å². The lowest BCUT2D eigenvalue weighted by atomic mass is 10.00. The van der Waals surface area contributed by atoms with Crippen molar-refractivity contribution in [3.05, 3.63) is 83.2 Å². The minimum absolute atomic E-state index is 0.238. The Hall–Kier alpha value is -3.38. The molecule has 0 radical (unpaired) electrons. The Kier molecular flexibility index (Phi) is 7.03. The highest BCUT2D eigenvalue weighted by molar-refractivity contribution is 5.93. The summed E-state index contributed by atoms with van der Waals surface area (Å²) in [5.41, 5.74) is 7.49. The van der Waals surface area contributed by atoms with Crippen LogP contribution >= 0.6 is 0 Å². The third kappa shape index (κ3) is 5.15. The number of carboxylic acids is 1. The van der Waals surface area contributed by atoms with E-state index in [1.165, 1.54) is 46.5 Å².